The average molecular weight is 537 g/mol. The molecule has 2 rings (SSSR count). The van der Waals surface area contributed by atoms with Gasteiger partial charge in [-0.25, -0.2) is 4.79 Å². The monoisotopic (exact) mass is 536 g/mol. The first-order valence-electron chi connectivity index (χ1n) is 12.0. The molecule has 1 aromatic carbocycles. The molecule has 0 aliphatic heterocycles. The molecule has 2 atom stereocenters. The van der Waals surface area contributed by atoms with Gasteiger partial charge in [-0.15, -0.1) is 0 Å². The van der Waals surface area contributed by atoms with Crippen molar-refractivity contribution >= 4 is 23.7 Å². The van der Waals surface area contributed by atoms with Crippen molar-refractivity contribution in [2.45, 2.75) is 57.3 Å². The van der Waals surface area contributed by atoms with Crippen LogP contribution < -0.4 is 16.4 Å². The first kappa shape index (κ1) is 30.1. The van der Waals surface area contributed by atoms with Crippen LogP contribution in [0.15, 0.2) is 54.6 Å². The molecule has 12 heteroatoms. The number of aryl methyl sites for hydroxylation is 1. The molecular formula is C26H31F3N4O5. The highest BCUT2D eigenvalue weighted by Crippen LogP contribution is 2.22. The maximum absolute atomic E-state index is 13.2. The third kappa shape index (κ3) is 11.3. The number of aromatic nitrogens is 1. The van der Waals surface area contributed by atoms with Gasteiger partial charge in [0, 0.05) is 37.1 Å². The number of nitrogens with two attached hydrogens (primary N) is 1. The molecule has 0 aliphatic rings. The molecule has 0 saturated carbocycles. The number of aromatic amines is 1. The highest BCUT2D eigenvalue weighted by molar-refractivity contribution is 5.96. The smallest absolute Gasteiger partial charge is 0.389 e. The van der Waals surface area contributed by atoms with E-state index in [-0.39, 0.29) is 43.7 Å². The lowest BCUT2D eigenvalue weighted by Gasteiger charge is -2.22. The minimum absolute atomic E-state index is 0.000483. The van der Waals surface area contributed by atoms with E-state index >= 15 is 0 Å². The largest absolute Gasteiger partial charge is 0.463 e. The summed E-state index contributed by atoms with van der Waals surface area (Å²) in [6.07, 6.45) is -3.07. The summed E-state index contributed by atoms with van der Waals surface area (Å²) in [5.41, 5.74) is 6.19. The van der Waals surface area contributed by atoms with Gasteiger partial charge in [0.1, 0.15) is 11.7 Å². The van der Waals surface area contributed by atoms with E-state index in [1.165, 1.54) is 18.2 Å². The van der Waals surface area contributed by atoms with Crippen molar-refractivity contribution in [1.82, 2.24) is 15.6 Å². The molecule has 2 aromatic rings. The third-order valence-corrected chi connectivity index (χ3v) is 5.35. The number of hydrogen-bond donors (Lipinski definition) is 4. The molecule has 0 spiro atoms. The van der Waals surface area contributed by atoms with Crippen LogP contribution in [0.4, 0.5) is 13.2 Å². The minimum Gasteiger partial charge on any atom is -0.463 e. The number of rotatable bonds is 14. The summed E-state index contributed by atoms with van der Waals surface area (Å²) in [5, 5.41) is 5.31. The second-order valence-corrected chi connectivity index (χ2v) is 8.46. The van der Waals surface area contributed by atoms with Crippen LogP contribution >= 0.6 is 0 Å². The van der Waals surface area contributed by atoms with E-state index in [9.17, 15) is 32.3 Å². The standard InChI is InChI=1S/C26H31F3N4O5/c1-2-38-23(35)13-10-18(9-12-22(30)34)32-25(37)21(16-17-6-4-3-5-7-17)33-24(36)20-11-8-19(31-20)14-15-26(27,28)29/h3-8,10-11,13,18,21,31H,2,9,12,14-16H2,1H3,(H2,30,34)(H,32,37)(H,33,36)/t18-,21-/m0/s1. The number of amides is 3. The summed E-state index contributed by atoms with van der Waals surface area (Å²) in [6, 6.07) is 9.72. The van der Waals surface area contributed by atoms with Crippen LogP contribution in [0.2, 0.25) is 0 Å². The van der Waals surface area contributed by atoms with Gasteiger partial charge in [0.15, 0.2) is 0 Å². The Morgan fingerprint density at radius 3 is 2.42 bits per heavy atom. The van der Waals surface area contributed by atoms with Crippen molar-refractivity contribution in [2.24, 2.45) is 5.73 Å². The van der Waals surface area contributed by atoms with Crippen LogP contribution in [0.3, 0.4) is 0 Å². The Morgan fingerprint density at radius 2 is 1.79 bits per heavy atom. The quantitative estimate of drug-likeness (QED) is 0.217. The summed E-state index contributed by atoms with van der Waals surface area (Å²) in [7, 11) is 0. The molecule has 1 aromatic heterocycles. The lowest BCUT2D eigenvalue weighted by atomic mass is 10.0. The Balaban J connectivity index is 2.18. The van der Waals surface area contributed by atoms with E-state index in [4.69, 9.17) is 10.5 Å². The maximum Gasteiger partial charge on any atom is 0.389 e. The van der Waals surface area contributed by atoms with Crippen molar-refractivity contribution in [3.63, 3.8) is 0 Å². The number of nitrogens with one attached hydrogen (secondary N) is 3. The van der Waals surface area contributed by atoms with Crippen LogP contribution in [-0.4, -0.2) is 53.5 Å². The second kappa shape index (κ2) is 14.6. The molecule has 5 N–H and O–H groups in total. The molecular weight excluding hydrogens is 505 g/mol. The van der Waals surface area contributed by atoms with Crippen molar-refractivity contribution in [3.8, 4) is 0 Å². The number of esters is 1. The second-order valence-electron chi connectivity index (χ2n) is 8.46. The lowest BCUT2D eigenvalue weighted by Crippen LogP contribution is -2.50. The molecule has 0 fully saturated rings. The van der Waals surface area contributed by atoms with Crippen LogP contribution in [-0.2, 0) is 32.0 Å². The van der Waals surface area contributed by atoms with E-state index < -0.39 is 48.4 Å². The van der Waals surface area contributed by atoms with Gasteiger partial charge in [0.2, 0.25) is 11.8 Å². The van der Waals surface area contributed by atoms with Gasteiger partial charge in [-0.1, -0.05) is 36.4 Å². The zero-order valence-electron chi connectivity index (χ0n) is 20.8. The van der Waals surface area contributed by atoms with E-state index in [0.29, 0.717) is 0 Å². The van der Waals surface area contributed by atoms with Gasteiger partial charge in [0.25, 0.3) is 5.91 Å². The number of ether oxygens (including phenoxy) is 1. The Kier molecular flexibility index (Phi) is 11.6. The molecule has 0 radical (unpaired) electrons. The minimum atomic E-state index is -4.33. The van der Waals surface area contributed by atoms with E-state index in [2.05, 4.69) is 15.6 Å². The Morgan fingerprint density at radius 1 is 1.08 bits per heavy atom. The van der Waals surface area contributed by atoms with Gasteiger partial charge >= 0.3 is 12.1 Å². The Labute approximate surface area is 218 Å². The fourth-order valence-corrected chi connectivity index (χ4v) is 3.47. The third-order valence-electron chi connectivity index (χ3n) is 5.35. The number of primary amides is 1. The number of carbonyl (C=O) groups excluding carboxylic acids is 4. The molecule has 0 bridgehead atoms. The van der Waals surface area contributed by atoms with Crippen molar-refractivity contribution in [3.05, 3.63) is 71.6 Å². The SMILES string of the molecule is CCOC(=O)C=C[C@H](CCC(N)=O)NC(=O)[C@H](Cc1ccccc1)NC(=O)c1ccc(CCC(F)(F)F)[nH]1. The van der Waals surface area contributed by atoms with Crippen LogP contribution in [0.1, 0.15) is 47.9 Å². The fraction of sp³-hybridized carbons (Fsp3) is 0.385. The highest BCUT2D eigenvalue weighted by atomic mass is 19.4. The number of benzene rings is 1. The fourth-order valence-electron chi connectivity index (χ4n) is 3.47. The van der Waals surface area contributed by atoms with E-state index in [1.54, 1.807) is 37.3 Å². The summed E-state index contributed by atoms with van der Waals surface area (Å²) in [5.74, 6) is -2.52. The zero-order chi connectivity index (χ0) is 28.1. The van der Waals surface area contributed by atoms with Crippen LogP contribution in [0, 0.1) is 0 Å². The van der Waals surface area contributed by atoms with Gasteiger partial charge in [-0.05, 0) is 37.5 Å². The normalized spacial score (nSPS) is 13.1. The van der Waals surface area contributed by atoms with E-state index in [0.717, 1.165) is 11.6 Å². The maximum atomic E-state index is 13.2. The molecule has 0 saturated heterocycles. The van der Waals surface area contributed by atoms with Gasteiger partial charge in [-0.3, -0.25) is 14.4 Å². The van der Waals surface area contributed by atoms with Crippen molar-refractivity contribution in [2.75, 3.05) is 6.61 Å². The lowest BCUT2D eigenvalue weighted by molar-refractivity contribution is -0.137. The molecule has 38 heavy (non-hydrogen) atoms. The summed E-state index contributed by atoms with van der Waals surface area (Å²) < 4.78 is 42.4. The number of carbonyl (C=O) groups is 4. The van der Waals surface area contributed by atoms with Gasteiger partial charge in [0.05, 0.1) is 6.61 Å². The Hall–Kier alpha value is -4.09. The zero-order valence-corrected chi connectivity index (χ0v) is 20.8. The summed E-state index contributed by atoms with van der Waals surface area (Å²) in [4.78, 5) is 51.8. The summed E-state index contributed by atoms with van der Waals surface area (Å²) in [6.45, 7) is 1.79. The van der Waals surface area contributed by atoms with E-state index in [1.807, 2.05) is 0 Å². The molecule has 0 aliphatic carbocycles. The molecule has 9 nitrogen and oxygen atoms in total. The molecule has 3 amide bonds. The molecule has 0 unspecified atom stereocenters. The van der Waals surface area contributed by atoms with Crippen LogP contribution in [0.5, 0.6) is 0 Å². The predicted octanol–water partition coefficient (Wildman–Crippen LogP) is 2.72. The molecule has 206 valence electrons. The first-order chi connectivity index (χ1) is 18.0. The highest BCUT2D eigenvalue weighted by Gasteiger charge is 2.27. The number of hydrogen-bond acceptors (Lipinski definition) is 5. The average Bonchev–Trinajstić information content (AvgIpc) is 3.33. The van der Waals surface area contributed by atoms with Gasteiger partial charge in [-0.2, -0.15) is 13.2 Å². The predicted molar refractivity (Wildman–Crippen MR) is 133 cm³/mol. The summed E-state index contributed by atoms with van der Waals surface area (Å²) >= 11 is 0. The number of alkyl halides is 3. The van der Waals surface area contributed by atoms with Gasteiger partial charge < -0.3 is 26.1 Å². The number of halogens is 3. The van der Waals surface area contributed by atoms with Crippen LogP contribution in [0.25, 0.3) is 0 Å². The number of H-pyrrole nitrogens is 1. The molecule has 1 heterocycles. The first-order valence-corrected chi connectivity index (χ1v) is 12.0. The Bertz CT molecular complexity index is 1120. The van der Waals surface area contributed by atoms with Crippen molar-refractivity contribution < 1.29 is 37.1 Å². The van der Waals surface area contributed by atoms with Crippen molar-refractivity contribution in [1.29, 1.82) is 0 Å². The topological polar surface area (TPSA) is 143 Å².